The summed E-state index contributed by atoms with van der Waals surface area (Å²) in [7, 11) is 2.18. The van der Waals surface area contributed by atoms with Gasteiger partial charge in [-0.05, 0) is 32.2 Å². The van der Waals surface area contributed by atoms with Crippen LogP contribution < -0.4 is 5.32 Å². The van der Waals surface area contributed by atoms with Crippen LogP contribution in [0.25, 0.3) is 0 Å². The Balaban J connectivity index is 1.82. The maximum absolute atomic E-state index is 6.22. The van der Waals surface area contributed by atoms with E-state index < -0.39 is 0 Å². The number of nitrogens with one attached hydrogen (secondary N) is 1. The fraction of sp³-hybridized carbons (Fsp3) is 0.421. The van der Waals surface area contributed by atoms with Crippen molar-refractivity contribution in [2.45, 2.75) is 13.0 Å². The Morgan fingerprint density at radius 3 is 2.79 bits per heavy atom. The molecule has 3 aliphatic rings. The second kappa shape index (κ2) is 5.94. The van der Waals surface area contributed by atoms with Crippen LogP contribution in [-0.2, 0) is 0 Å². The van der Waals surface area contributed by atoms with Crippen LogP contribution in [0.5, 0.6) is 0 Å². The van der Waals surface area contributed by atoms with Crippen LogP contribution in [0.4, 0.5) is 11.4 Å². The third kappa shape index (κ3) is 2.64. The van der Waals surface area contributed by atoms with Crippen LogP contribution in [0.2, 0.25) is 5.02 Å². The summed E-state index contributed by atoms with van der Waals surface area (Å²) in [6.07, 6.45) is 8.75. The van der Waals surface area contributed by atoms with Crippen molar-refractivity contribution >= 4 is 28.8 Å². The molecule has 1 saturated heterocycles. The molecule has 1 aromatic carbocycles. The SMILES string of the molecule is CN1CCN(C2=Nc3cc(Cl)ccc3NC3C=CC=CC23C)CC1. The molecule has 0 spiro atoms. The van der Waals surface area contributed by atoms with E-state index in [0.717, 1.165) is 48.4 Å². The zero-order valence-electron chi connectivity index (χ0n) is 14.2. The van der Waals surface area contributed by atoms with E-state index in [9.17, 15) is 0 Å². The highest BCUT2D eigenvalue weighted by atomic mass is 35.5. The van der Waals surface area contributed by atoms with Gasteiger partial charge in [0.2, 0.25) is 0 Å². The van der Waals surface area contributed by atoms with E-state index in [1.165, 1.54) is 0 Å². The number of amidine groups is 1. The summed E-state index contributed by atoms with van der Waals surface area (Å²) in [5.74, 6) is 1.13. The van der Waals surface area contributed by atoms with E-state index in [4.69, 9.17) is 16.6 Å². The van der Waals surface area contributed by atoms with Gasteiger partial charge in [-0.15, -0.1) is 0 Å². The predicted octanol–water partition coefficient (Wildman–Crippen LogP) is 3.54. The molecule has 0 amide bonds. The van der Waals surface area contributed by atoms with Crippen LogP contribution in [0.3, 0.4) is 0 Å². The first-order chi connectivity index (χ1) is 11.6. The van der Waals surface area contributed by atoms with E-state index in [-0.39, 0.29) is 11.5 Å². The second-order valence-corrected chi connectivity index (χ2v) is 7.47. The number of halogens is 1. The number of benzene rings is 1. The van der Waals surface area contributed by atoms with Crippen molar-refractivity contribution in [3.8, 4) is 0 Å². The Hall–Kier alpha value is -1.78. The molecule has 1 aliphatic carbocycles. The van der Waals surface area contributed by atoms with Gasteiger partial charge in [0, 0.05) is 31.2 Å². The molecule has 126 valence electrons. The molecule has 2 unspecified atom stereocenters. The predicted molar refractivity (Wildman–Crippen MR) is 101 cm³/mol. The van der Waals surface area contributed by atoms with Crippen LogP contribution in [-0.4, -0.2) is 54.9 Å². The summed E-state index contributed by atoms with van der Waals surface area (Å²) < 4.78 is 0. The minimum Gasteiger partial charge on any atom is -0.376 e. The van der Waals surface area contributed by atoms with Crippen LogP contribution in [0, 0.1) is 5.41 Å². The molecule has 0 radical (unpaired) electrons. The zero-order valence-corrected chi connectivity index (χ0v) is 14.9. The zero-order chi connectivity index (χ0) is 16.7. The third-order valence-corrected chi connectivity index (χ3v) is 5.52. The van der Waals surface area contributed by atoms with E-state index in [2.05, 4.69) is 53.4 Å². The van der Waals surface area contributed by atoms with Gasteiger partial charge in [0.25, 0.3) is 0 Å². The Kier molecular flexibility index (Phi) is 3.89. The number of hydrogen-bond donors (Lipinski definition) is 1. The minimum atomic E-state index is -0.170. The molecule has 1 fully saturated rings. The number of nitrogens with zero attached hydrogens (tertiary/aromatic N) is 3. The van der Waals surface area contributed by atoms with Crippen LogP contribution in [0.1, 0.15) is 6.92 Å². The average molecular weight is 343 g/mol. The van der Waals surface area contributed by atoms with Crippen molar-refractivity contribution in [2.24, 2.45) is 10.4 Å². The molecule has 4 nitrogen and oxygen atoms in total. The third-order valence-electron chi connectivity index (χ3n) is 5.28. The molecule has 24 heavy (non-hydrogen) atoms. The first-order valence-electron chi connectivity index (χ1n) is 8.51. The Bertz CT molecular complexity index is 731. The quantitative estimate of drug-likeness (QED) is 0.782. The van der Waals surface area contributed by atoms with Crippen LogP contribution in [0.15, 0.2) is 47.5 Å². The molecule has 2 aliphatic heterocycles. The molecule has 5 heteroatoms. The van der Waals surface area contributed by atoms with Gasteiger partial charge in [0.15, 0.2) is 0 Å². The average Bonchev–Trinajstić information content (AvgIpc) is 2.70. The van der Waals surface area contributed by atoms with E-state index in [1.54, 1.807) is 0 Å². The highest BCUT2D eigenvalue weighted by molar-refractivity contribution is 6.31. The van der Waals surface area contributed by atoms with Crippen molar-refractivity contribution in [2.75, 3.05) is 38.5 Å². The summed E-state index contributed by atoms with van der Waals surface area (Å²) in [5, 5.41) is 4.38. The second-order valence-electron chi connectivity index (χ2n) is 7.04. The summed E-state index contributed by atoms with van der Waals surface area (Å²) in [6.45, 7) is 6.41. The van der Waals surface area contributed by atoms with Crippen molar-refractivity contribution in [3.05, 3.63) is 47.5 Å². The number of likely N-dealkylation sites (N-methyl/N-ethyl adjacent to an activating group) is 1. The first-order valence-corrected chi connectivity index (χ1v) is 8.89. The molecule has 0 bridgehead atoms. The lowest BCUT2D eigenvalue weighted by atomic mass is 9.77. The molecule has 2 atom stereocenters. The van der Waals surface area contributed by atoms with Gasteiger partial charge >= 0.3 is 0 Å². The highest BCUT2D eigenvalue weighted by Crippen LogP contribution is 2.41. The van der Waals surface area contributed by atoms with E-state index in [0.29, 0.717) is 0 Å². The summed E-state index contributed by atoms with van der Waals surface area (Å²) in [4.78, 5) is 9.90. The number of piperazine rings is 1. The summed E-state index contributed by atoms with van der Waals surface area (Å²) in [5.41, 5.74) is 1.80. The normalized spacial score (nSPS) is 29.4. The molecule has 0 aromatic heterocycles. The fourth-order valence-electron chi connectivity index (χ4n) is 3.70. The van der Waals surface area contributed by atoms with Gasteiger partial charge in [-0.3, -0.25) is 0 Å². The Labute approximate surface area is 148 Å². The number of allylic oxidation sites excluding steroid dienone is 2. The van der Waals surface area contributed by atoms with Crippen molar-refractivity contribution in [1.82, 2.24) is 9.80 Å². The number of aliphatic imine (C=N–C) groups is 1. The molecule has 0 saturated carbocycles. The number of anilines is 1. The monoisotopic (exact) mass is 342 g/mol. The minimum absolute atomic E-state index is 0.170. The molecular weight excluding hydrogens is 320 g/mol. The van der Waals surface area contributed by atoms with Crippen molar-refractivity contribution < 1.29 is 0 Å². The van der Waals surface area contributed by atoms with Gasteiger partial charge in [-0.25, -0.2) is 4.99 Å². The number of hydrogen-bond acceptors (Lipinski definition) is 4. The van der Waals surface area contributed by atoms with Crippen molar-refractivity contribution in [1.29, 1.82) is 0 Å². The fourth-order valence-corrected chi connectivity index (χ4v) is 3.86. The molecule has 2 heterocycles. The maximum Gasteiger partial charge on any atom is 0.117 e. The molecule has 1 aromatic rings. The highest BCUT2D eigenvalue weighted by Gasteiger charge is 2.42. The smallest absolute Gasteiger partial charge is 0.117 e. The number of fused-ring (bicyclic) bond motifs is 2. The number of rotatable bonds is 0. The van der Waals surface area contributed by atoms with Gasteiger partial charge < -0.3 is 15.1 Å². The lowest BCUT2D eigenvalue weighted by molar-refractivity contribution is 0.205. The van der Waals surface area contributed by atoms with Gasteiger partial charge in [0.1, 0.15) is 5.84 Å². The lowest BCUT2D eigenvalue weighted by Gasteiger charge is -2.43. The van der Waals surface area contributed by atoms with E-state index in [1.807, 2.05) is 18.2 Å². The van der Waals surface area contributed by atoms with Gasteiger partial charge in [0.05, 0.1) is 22.8 Å². The molecular formula is C19H23ClN4. The molecule has 4 rings (SSSR count). The summed E-state index contributed by atoms with van der Waals surface area (Å²) in [6, 6.07) is 6.08. The Morgan fingerprint density at radius 1 is 1.21 bits per heavy atom. The van der Waals surface area contributed by atoms with Gasteiger partial charge in [-0.1, -0.05) is 35.9 Å². The standard InChI is InChI=1S/C19H23ClN4/c1-19-8-4-3-5-17(19)21-15-7-6-14(20)13-16(15)22-18(19)24-11-9-23(2)10-12-24/h3-8,13,17,21H,9-12H2,1-2H3. The largest absolute Gasteiger partial charge is 0.376 e. The van der Waals surface area contributed by atoms with Crippen LogP contribution >= 0.6 is 11.6 Å². The lowest BCUT2D eigenvalue weighted by Crippen LogP contribution is -2.55. The van der Waals surface area contributed by atoms with Gasteiger partial charge in [-0.2, -0.15) is 0 Å². The maximum atomic E-state index is 6.22. The Morgan fingerprint density at radius 2 is 2.00 bits per heavy atom. The topological polar surface area (TPSA) is 30.9 Å². The first kappa shape index (κ1) is 15.7. The van der Waals surface area contributed by atoms with Crippen molar-refractivity contribution in [3.63, 3.8) is 0 Å². The van der Waals surface area contributed by atoms with E-state index >= 15 is 0 Å². The summed E-state index contributed by atoms with van der Waals surface area (Å²) >= 11 is 6.22. The molecule has 1 N–H and O–H groups in total.